The van der Waals surface area contributed by atoms with Crippen molar-refractivity contribution in [3.8, 4) is 0 Å². The number of likely N-dealkylation sites (tertiary alicyclic amines) is 1. The van der Waals surface area contributed by atoms with Crippen LogP contribution in [0.4, 0.5) is 0 Å². The molecule has 0 spiro atoms. The maximum absolute atomic E-state index is 10.7. The molecule has 10 heavy (non-hydrogen) atoms. The van der Waals surface area contributed by atoms with E-state index in [0.717, 1.165) is 0 Å². The summed E-state index contributed by atoms with van der Waals surface area (Å²) < 4.78 is 0. The standard InChI is InChI=1S/C6H7N2O2/c9-5-3-4(7-5)8-2-1-6(8)10/h1,4H,2-3H2,(H,7,9). The van der Waals surface area contributed by atoms with Crippen molar-refractivity contribution in [2.75, 3.05) is 6.54 Å². The molecule has 0 bridgehead atoms. The molecule has 2 saturated heterocycles. The number of carbonyl (C=O) groups excluding carboxylic acids is 2. The van der Waals surface area contributed by atoms with Gasteiger partial charge in [-0.2, -0.15) is 0 Å². The van der Waals surface area contributed by atoms with Gasteiger partial charge in [0, 0.05) is 6.54 Å². The van der Waals surface area contributed by atoms with Crippen LogP contribution in [0.2, 0.25) is 0 Å². The Morgan fingerprint density at radius 3 is 2.60 bits per heavy atom. The van der Waals surface area contributed by atoms with Gasteiger partial charge in [0.2, 0.25) is 11.8 Å². The van der Waals surface area contributed by atoms with E-state index in [-0.39, 0.29) is 18.0 Å². The van der Waals surface area contributed by atoms with E-state index < -0.39 is 0 Å². The van der Waals surface area contributed by atoms with Crippen LogP contribution in [0.5, 0.6) is 0 Å². The van der Waals surface area contributed by atoms with Crippen LogP contribution in [0.25, 0.3) is 0 Å². The van der Waals surface area contributed by atoms with E-state index in [4.69, 9.17) is 0 Å². The number of amides is 2. The summed E-state index contributed by atoms with van der Waals surface area (Å²) >= 11 is 0. The van der Waals surface area contributed by atoms with Crippen molar-refractivity contribution in [3.63, 3.8) is 0 Å². The third-order valence-corrected chi connectivity index (χ3v) is 1.83. The second-order valence-electron chi connectivity index (χ2n) is 2.48. The van der Waals surface area contributed by atoms with Gasteiger partial charge in [0.05, 0.1) is 12.8 Å². The predicted octanol–water partition coefficient (Wildman–Crippen LogP) is -1.12. The second-order valence-corrected chi connectivity index (χ2v) is 2.48. The molecule has 1 unspecified atom stereocenters. The van der Waals surface area contributed by atoms with E-state index in [2.05, 4.69) is 5.32 Å². The normalized spacial score (nSPS) is 30.8. The Labute approximate surface area is 58.2 Å². The zero-order valence-corrected chi connectivity index (χ0v) is 5.33. The van der Waals surface area contributed by atoms with Crippen LogP contribution in [-0.4, -0.2) is 29.4 Å². The quantitative estimate of drug-likeness (QED) is 0.468. The summed E-state index contributed by atoms with van der Waals surface area (Å²) in [5, 5.41) is 2.62. The van der Waals surface area contributed by atoms with Crippen LogP contribution < -0.4 is 5.32 Å². The van der Waals surface area contributed by atoms with Gasteiger partial charge in [0.1, 0.15) is 6.17 Å². The molecule has 1 atom stereocenters. The van der Waals surface area contributed by atoms with Gasteiger partial charge in [-0.1, -0.05) is 0 Å². The van der Waals surface area contributed by atoms with E-state index in [1.165, 1.54) is 0 Å². The Bertz CT molecular complexity index is 194. The summed E-state index contributed by atoms with van der Waals surface area (Å²) in [6, 6.07) is 0. The monoisotopic (exact) mass is 139 g/mol. The Morgan fingerprint density at radius 1 is 1.60 bits per heavy atom. The van der Waals surface area contributed by atoms with Gasteiger partial charge in [0.25, 0.3) is 0 Å². The number of nitrogens with zero attached hydrogens (tertiary/aromatic N) is 1. The molecule has 0 aromatic carbocycles. The Kier molecular flexibility index (Phi) is 0.977. The lowest BCUT2D eigenvalue weighted by molar-refractivity contribution is -0.145. The molecule has 0 aliphatic carbocycles. The van der Waals surface area contributed by atoms with Gasteiger partial charge in [0.15, 0.2) is 0 Å². The van der Waals surface area contributed by atoms with Gasteiger partial charge in [-0.05, 0) is 0 Å². The molecule has 2 aliphatic heterocycles. The summed E-state index contributed by atoms with van der Waals surface area (Å²) in [7, 11) is 0. The van der Waals surface area contributed by atoms with Crippen molar-refractivity contribution in [1.82, 2.24) is 10.2 Å². The van der Waals surface area contributed by atoms with Crippen molar-refractivity contribution in [2.45, 2.75) is 12.6 Å². The van der Waals surface area contributed by atoms with E-state index in [0.29, 0.717) is 13.0 Å². The van der Waals surface area contributed by atoms with Crippen molar-refractivity contribution in [1.29, 1.82) is 0 Å². The molecule has 4 nitrogen and oxygen atoms in total. The predicted molar refractivity (Wildman–Crippen MR) is 32.6 cm³/mol. The first-order valence-corrected chi connectivity index (χ1v) is 3.20. The van der Waals surface area contributed by atoms with Crippen LogP contribution in [0.15, 0.2) is 0 Å². The number of β-lactam (4-membered cyclic amide) rings is 2. The third-order valence-electron chi connectivity index (χ3n) is 1.83. The van der Waals surface area contributed by atoms with Crippen LogP contribution >= 0.6 is 0 Å². The number of hydrogen-bond acceptors (Lipinski definition) is 2. The number of rotatable bonds is 1. The average molecular weight is 139 g/mol. The first kappa shape index (κ1) is 5.70. The fourth-order valence-electron chi connectivity index (χ4n) is 1.08. The molecular weight excluding hydrogens is 132 g/mol. The maximum atomic E-state index is 10.7. The molecule has 0 aromatic heterocycles. The summed E-state index contributed by atoms with van der Waals surface area (Å²) in [6.45, 7) is 0.684. The zero-order valence-electron chi connectivity index (χ0n) is 5.33. The molecule has 4 heteroatoms. The minimum atomic E-state index is -0.00926. The Hall–Kier alpha value is -1.06. The van der Waals surface area contributed by atoms with E-state index in [1.807, 2.05) is 0 Å². The van der Waals surface area contributed by atoms with Crippen LogP contribution in [0.1, 0.15) is 6.42 Å². The van der Waals surface area contributed by atoms with Gasteiger partial charge >= 0.3 is 0 Å². The second kappa shape index (κ2) is 1.71. The lowest BCUT2D eigenvalue weighted by Gasteiger charge is -2.42. The minimum absolute atomic E-state index is 0.00926. The van der Waals surface area contributed by atoms with Crippen molar-refractivity contribution in [2.24, 2.45) is 0 Å². The highest BCUT2D eigenvalue weighted by atomic mass is 16.2. The molecule has 0 aromatic rings. The van der Waals surface area contributed by atoms with Crippen LogP contribution in [0.3, 0.4) is 0 Å². The average Bonchev–Trinajstić information content (AvgIpc) is 1.82. The molecule has 1 N–H and O–H groups in total. The molecule has 2 aliphatic rings. The first-order valence-electron chi connectivity index (χ1n) is 3.20. The van der Waals surface area contributed by atoms with Gasteiger partial charge < -0.3 is 10.2 Å². The fourth-order valence-corrected chi connectivity index (χ4v) is 1.08. The molecule has 2 heterocycles. The van der Waals surface area contributed by atoms with Crippen molar-refractivity contribution < 1.29 is 9.59 Å². The third kappa shape index (κ3) is 0.616. The highest BCUT2D eigenvalue weighted by molar-refractivity contribution is 5.93. The SMILES string of the molecule is O=C1CC(N2C[CH]C2=O)N1. The maximum Gasteiger partial charge on any atom is 0.230 e. The van der Waals surface area contributed by atoms with Gasteiger partial charge in [-0.25, -0.2) is 0 Å². The van der Waals surface area contributed by atoms with Gasteiger partial charge in [-0.15, -0.1) is 0 Å². The molecule has 2 rings (SSSR count). The Morgan fingerprint density at radius 2 is 2.30 bits per heavy atom. The Balaban J connectivity index is 1.90. The largest absolute Gasteiger partial charge is 0.335 e. The van der Waals surface area contributed by atoms with Crippen molar-refractivity contribution >= 4 is 11.8 Å². The van der Waals surface area contributed by atoms with E-state index in [9.17, 15) is 9.59 Å². The summed E-state index contributed by atoms with van der Waals surface area (Å²) in [6.07, 6.45) is 2.06. The molecule has 0 saturated carbocycles. The lowest BCUT2D eigenvalue weighted by Crippen LogP contribution is -2.64. The van der Waals surface area contributed by atoms with E-state index >= 15 is 0 Å². The number of nitrogens with one attached hydrogen (secondary N) is 1. The summed E-state index contributed by atoms with van der Waals surface area (Å²) in [4.78, 5) is 22.7. The molecule has 2 fully saturated rings. The van der Waals surface area contributed by atoms with Gasteiger partial charge in [-0.3, -0.25) is 9.59 Å². The number of hydrogen-bond donors (Lipinski definition) is 1. The first-order chi connectivity index (χ1) is 4.77. The van der Waals surface area contributed by atoms with E-state index in [1.54, 1.807) is 11.3 Å². The zero-order chi connectivity index (χ0) is 7.14. The topological polar surface area (TPSA) is 49.4 Å². The smallest absolute Gasteiger partial charge is 0.230 e. The molecule has 53 valence electrons. The highest BCUT2D eigenvalue weighted by Gasteiger charge is 2.38. The minimum Gasteiger partial charge on any atom is -0.335 e. The summed E-state index contributed by atoms with van der Waals surface area (Å²) in [5.74, 6) is 0.0645. The molecule has 2 amide bonds. The van der Waals surface area contributed by atoms with Crippen LogP contribution in [-0.2, 0) is 9.59 Å². The van der Waals surface area contributed by atoms with Crippen LogP contribution in [0, 0.1) is 6.42 Å². The van der Waals surface area contributed by atoms with Crippen molar-refractivity contribution in [3.05, 3.63) is 6.42 Å². The fraction of sp³-hybridized carbons (Fsp3) is 0.500. The molecule has 1 radical (unpaired) electrons. The number of carbonyl (C=O) groups is 2. The molecular formula is C6H7N2O2. The summed E-state index contributed by atoms with van der Waals surface area (Å²) in [5.41, 5.74) is 0. The lowest BCUT2D eigenvalue weighted by atomic mass is 10.1. The highest BCUT2D eigenvalue weighted by Crippen LogP contribution is 2.17.